The second-order valence-electron chi connectivity index (χ2n) is 7.09. The molecule has 9 heteroatoms. The monoisotopic (exact) mass is 477 g/mol. The van der Waals surface area contributed by atoms with Gasteiger partial charge in [-0.1, -0.05) is 15.9 Å². The number of hydrogen-bond donors (Lipinski definition) is 0. The number of sulfone groups is 1. The van der Waals surface area contributed by atoms with Gasteiger partial charge < -0.3 is 4.74 Å². The molecule has 1 fully saturated rings. The van der Waals surface area contributed by atoms with Crippen LogP contribution in [0.4, 0.5) is 13.2 Å². The topological polar surface area (TPSA) is 56.3 Å². The molecule has 1 aliphatic heterocycles. The lowest BCUT2D eigenvalue weighted by Gasteiger charge is -2.38. The lowest BCUT2D eigenvalue weighted by molar-refractivity contribution is -0.00260. The summed E-state index contributed by atoms with van der Waals surface area (Å²) in [6.07, 6.45) is -1.69. The van der Waals surface area contributed by atoms with Crippen molar-refractivity contribution < 1.29 is 26.3 Å². The van der Waals surface area contributed by atoms with Crippen LogP contribution in [0.5, 0.6) is 0 Å². The van der Waals surface area contributed by atoms with Crippen LogP contribution in [0.15, 0.2) is 39.8 Å². The molecule has 2 atom stereocenters. The largest absolute Gasteiger partial charge is 0.372 e. The summed E-state index contributed by atoms with van der Waals surface area (Å²) >= 11 is 3.42. The molecule has 4 nitrogen and oxygen atoms in total. The summed E-state index contributed by atoms with van der Waals surface area (Å²) in [5, 5.41) is 0. The molecule has 0 N–H and O–H groups in total. The minimum Gasteiger partial charge on any atom is -0.372 e. The fourth-order valence-corrected chi connectivity index (χ4v) is 5.56. The normalized spacial score (nSPS) is 23.2. The maximum Gasteiger partial charge on any atom is 0.263 e. The van der Waals surface area contributed by atoms with Crippen LogP contribution in [-0.4, -0.2) is 24.8 Å². The number of alkyl halides is 2. The molecule has 2 heterocycles. The molecule has 3 rings (SSSR count). The van der Waals surface area contributed by atoms with Gasteiger partial charge in [-0.3, -0.25) is 4.98 Å². The van der Waals surface area contributed by atoms with E-state index >= 15 is 0 Å². The lowest BCUT2D eigenvalue weighted by atomic mass is 9.93. The standard InChI is InChI=1S/C19H19BrF3NO3S/c1-11-15(20)3-5-24-17(11)16-10-19(2,4-6-27-16)28(25,26)14-8-12(18(22)23)7-13(21)9-14/h3,5,7-9,16,18H,4,6,10H2,1-2H3. The summed E-state index contributed by atoms with van der Waals surface area (Å²) in [5.41, 5.74) is 0.790. The number of rotatable bonds is 4. The second-order valence-corrected chi connectivity index (χ2v) is 10.4. The fraction of sp³-hybridized carbons (Fsp3) is 0.421. The summed E-state index contributed by atoms with van der Waals surface area (Å²) in [6.45, 7) is 3.54. The van der Waals surface area contributed by atoms with Gasteiger partial charge in [0.1, 0.15) is 11.9 Å². The molecule has 0 amide bonds. The Kier molecular flexibility index (Phi) is 5.89. The molecule has 2 aromatic rings. The molecule has 0 saturated carbocycles. The van der Waals surface area contributed by atoms with Crippen molar-refractivity contribution in [1.82, 2.24) is 4.98 Å². The quantitative estimate of drug-likeness (QED) is 0.598. The molecule has 1 saturated heterocycles. The molecule has 1 aromatic heterocycles. The number of ether oxygens (including phenoxy) is 1. The van der Waals surface area contributed by atoms with E-state index in [0.29, 0.717) is 11.8 Å². The van der Waals surface area contributed by atoms with Crippen LogP contribution in [0.2, 0.25) is 0 Å². The van der Waals surface area contributed by atoms with Crippen molar-refractivity contribution >= 4 is 25.8 Å². The van der Waals surface area contributed by atoms with Gasteiger partial charge in [0.25, 0.3) is 6.43 Å². The zero-order valence-corrected chi connectivity index (χ0v) is 17.7. The molecule has 0 aliphatic carbocycles. The van der Waals surface area contributed by atoms with Gasteiger partial charge in [-0.15, -0.1) is 0 Å². The van der Waals surface area contributed by atoms with Crippen molar-refractivity contribution in [2.45, 2.75) is 48.9 Å². The molecular weight excluding hydrogens is 459 g/mol. The molecular formula is C19H19BrF3NO3S. The molecule has 0 spiro atoms. The molecule has 1 aliphatic rings. The van der Waals surface area contributed by atoms with Crippen molar-refractivity contribution in [2.75, 3.05) is 6.61 Å². The first-order valence-corrected chi connectivity index (χ1v) is 10.9. The molecule has 0 radical (unpaired) electrons. The highest BCUT2D eigenvalue weighted by atomic mass is 79.9. The first-order chi connectivity index (χ1) is 13.0. The Morgan fingerprint density at radius 3 is 2.71 bits per heavy atom. The third kappa shape index (κ3) is 3.84. The summed E-state index contributed by atoms with van der Waals surface area (Å²) in [7, 11) is -4.10. The maximum absolute atomic E-state index is 13.8. The summed E-state index contributed by atoms with van der Waals surface area (Å²) in [6, 6.07) is 4.06. The predicted molar refractivity (Wildman–Crippen MR) is 102 cm³/mol. The van der Waals surface area contributed by atoms with Gasteiger partial charge in [0.15, 0.2) is 9.84 Å². The molecule has 28 heavy (non-hydrogen) atoms. The number of nitrogens with zero attached hydrogens (tertiary/aromatic N) is 1. The number of aromatic nitrogens is 1. The Bertz CT molecular complexity index is 1000. The minimum atomic E-state index is -4.10. The van der Waals surface area contributed by atoms with Crippen LogP contribution >= 0.6 is 15.9 Å². The Hall–Kier alpha value is -1.45. The Balaban J connectivity index is 2.00. The summed E-state index contributed by atoms with van der Waals surface area (Å²) < 4.78 is 71.7. The van der Waals surface area contributed by atoms with Crippen molar-refractivity contribution in [2.24, 2.45) is 0 Å². The first kappa shape index (κ1) is 21.3. The number of hydrogen-bond acceptors (Lipinski definition) is 4. The van der Waals surface area contributed by atoms with E-state index in [2.05, 4.69) is 20.9 Å². The highest BCUT2D eigenvalue weighted by Gasteiger charge is 2.46. The Morgan fingerprint density at radius 1 is 1.32 bits per heavy atom. The van der Waals surface area contributed by atoms with Crippen LogP contribution in [0.3, 0.4) is 0 Å². The van der Waals surface area contributed by atoms with Gasteiger partial charge in [-0.2, -0.15) is 0 Å². The first-order valence-electron chi connectivity index (χ1n) is 8.61. The van der Waals surface area contributed by atoms with Gasteiger partial charge in [0.2, 0.25) is 0 Å². The zero-order valence-electron chi connectivity index (χ0n) is 15.3. The second kappa shape index (κ2) is 7.76. The van der Waals surface area contributed by atoms with Crippen molar-refractivity contribution in [3.8, 4) is 0 Å². The van der Waals surface area contributed by atoms with Gasteiger partial charge >= 0.3 is 0 Å². The third-order valence-electron chi connectivity index (χ3n) is 5.15. The smallest absolute Gasteiger partial charge is 0.263 e. The Labute approximate surface area is 170 Å². The van der Waals surface area contributed by atoms with E-state index in [1.165, 1.54) is 6.92 Å². The van der Waals surface area contributed by atoms with Crippen LogP contribution in [0.25, 0.3) is 0 Å². The highest BCUT2D eigenvalue weighted by Crippen LogP contribution is 2.43. The summed E-state index contributed by atoms with van der Waals surface area (Å²) in [4.78, 5) is 3.89. The van der Waals surface area contributed by atoms with Crippen LogP contribution < -0.4 is 0 Å². The Morgan fingerprint density at radius 2 is 2.04 bits per heavy atom. The SMILES string of the molecule is Cc1c(Br)ccnc1C1CC(C)(S(=O)(=O)c2cc(F)cc(C(F)F)c2)CCO1. The third-order valence-corrected chi connectivity index (χ3v) is 8.54. The van der Waals surface area contributed by atoms with Crippen molar-refractivity contribution in [3.63, 3.8) is 0 Å². The minimum absolute atomic E-state index is 0.0835. The van der Waals surface area contributed by atoms with E-state index in [4.69, 9.17) is 4.74 Å². The molecule has 2 unspecified atom stereocenters. The van der Waals surface area contributed by atoms with E-state index in [1.807, 2.05) is 6.92 Å². The number of benzene rings is 1. The van der Waals surface area contributed by atoms with Gasteiger partial charge in [-0.25, -0.2) is 21.6 Å². The van der Waals surface area contributed by atoms with Gasteiger partial charge in [0.05, 0.1) is 15.3 Å². The van der Waals surface area contributed by atoms with Crippen LogP contribution in [0.1, 0.15) is 49.1 Å². The van der Waals surface area contributed by atoms with E-state index in [0.717, 1.165) is 22.2 Å². The van der Waals surface area contributed by atoms with Crippen LogP contribution in [0, 0.1) is 12.7 Å². The van der Waals surface area contributed by atoms with E-state index < -0.39 is 43.4 Å². The van der Waals surface area contributed by atoms with E-state index in [9.17, 15) is 21.6 Å². The predicted octanol–water partition coefficient (Wildman–Crippen LogP) is 5.31. The van der Waals surface area contributed by atoms with Crippen molar-refractivity contribution in [1.29, 1.82) is 0 Å². The van der Waals surface area contributed by atoms with Crippen LogP contribution in [-0.2, 0) is 14.6 Å². The highest BCUT2D eigenvalue weighted by molar-refractivity contribution is 9.10. The molecule has 1 aromatic carbocycles. The van der Waals surface area contributed by atoms with Crippen molar-refractivity contribution in [3.05, 3.63) is 57.6 Å². The van der Waals surface area contributed by atoms with E-state index in [-0.39, 0.29) is 19.4 Å². The maximum atomic E-state index is 13.8. The molecule has 152 valence electrons. The lowest BCUT2D eigenvalue weighted by Crippen LogP contribution is -2.42. The fourth-order valence-electron chi connectivity index (χ4n) is 3.39. The average molecular weight is 478 g/mol. The number of pyridine rings is 1. The zero-order chi connectivity index (χ0) is 20.7. The summed E-state index contributed by atoms with van der Waals surface area (Å²) in [5.74, 6) is -1.01. The van der Waals surface area contributed by atoms with Gasteiger partial charge in [-0.05, 0) is 56.5 Å². The molecule has 0 bridgehead atoms. The van der Waals surface area contributed by atoms with Gasteiger partial charge in [0, 0.05) is 22.8 Å². The average Bonchev–Trinajstić information content (AvgIpc) is 2.63. The van der Waals surface area contributed by atoms with E-state index in [1.54, 1.807) is 12.3 Å². The number of halogens is 4.